The molecule has 0 atom stereocenters. The summed E-state index contributed by atoms with van der Waals surface area (Å²) in [4.78, 5) is 20.4. The SMILES string of the molecule is CCCCCCCCCCCCCCCCCC(=O)[O-].CCCCCCCCCCCCCCCCCC(=O)[O-].OCCOCCO.[Ca+2]. The van der Waals surface area contributed by atoms with Gasteiger partial charge < -0.3 is 34.8 Å². The van der Waals surface area contributed by atoms with E-state index in [1.165, 1.54) is 167 Å². The molecule has 0 radical (unpaired) electrons. The molecule has 0 aromatic carbocycles. The number of carboxylic acids is 2. The molecule has 8 heteroatoms. The predicted octanol–water partition coefficient (Wildman–Crippen LogP) is 8.60. The van der Waals surface area contributed by atoms with Crippen LogP contribution in [0.2, 0.25) is 0 Å². The minimum absolute atomic E-state index is 0. The van der Waals surface area contributed by atoms with Gasteiger partial charge in [-0.25, -0.2) is 0 Å². The third-order valence-electron chi connectivity index (χ3n) is 8.44. The van der Waals surface area contributed by atoms with E-state index in [9.17, 15) is 19.8 Å². The minimum atomic E-state index is -0.903. The first-order chi connectivity index (χ1) is 23.0. The molecule has 0 aliphatic heterocycles. The van der Waals surface area contributed by atoms with Crippen molar-refractivity contribution in [3.8, 4) is 0 Å². The van der Waals surface area contributed by atoms with E-state index in [0.29, 0.717) is 13.2 Å². The molecule has 0 saturated carbocycles. The Balaban J connectivity index is -0.000000331. The van der Waals surface area contributed by atoms with Crippen molar-refractivity contribution in [3.63, 3.8) is 0 Å². The van der Waals surface area contributed by atoms with E-state index < -0.39 is 11.9 Å². The van der Waals surface area contributed by atoms with Crippen LogP contribution in [0.4, 0.5) is 0 Å². The zero-order valence-electron chi connectivity index (χ0n) is 32.1. The van der Waals surface area contributed by atoms with E-state index in [1.54, 1.807) is 0 Å². The fourth-order valence-corrected chi connectivity index (χ4v) is 5.51. The van der Waals surface area contributed by atoms with Gasteiger partial charge in [-0.1, -0.05) is 194 Å². The van der Waals surface area contributed by atoms with Gasteiger partial charge in [-0.15, -0.1) is 0 Å². The van der Waals surface area contributed by atoms with Gasteiger partial charge in [0.15, 0.2) is 0 Å². The molecule has 2 N–H and O–H groups in total. The van der Waals surface area contributed by atoms with Gasteiger partial charge >= 0.3 is 37.7 Å². The Labute approximate surface area is 328 Å². The van der Waals surface area contributed by atoms with E-state index in [2.05, 4.69) is 18.6 Å². The maximum atomic E-state index is 10.2. The molecule has 284 valence electrons. The van der Waals surface area contributed by atoms with E-state index in [-0.39, 0.29) is 63.8 Å². The van der Waals surface area contributed by atoms with E-state index >= 15 is 0 Å². The molecular weight excluding hydrogens is 633 g/mol. The summed E-state index contributed by atoms with van der Waals surface area (Å²) in [6.07, 6.45) is 39.7. The molecule has 0 heterocycles. The van der Waals surface area contributed by atoms with Gasteiger partial charge in [0, 0.05) is 11.9 Å². The van der Waals surface area contributed by atoms with Crippen LogP contribution in [0.15, 0.2) is 0 Å². The second-order valence-corrected chi connectivity index (χ2v) is 13.2. The summed E-state index contributed by atoms with van der Waals surface area (Å²) in [5, 5.41) is 36.6. The van der Waals surface area contributed by atoms with Gasteiger partial charge in [-0.05, 0) is 25.7 Å². The van der Waals surface area contributed by atoms with Crippen molar-refractivity contribution >= 4 is 49.7 Å². The Bertz CT molecular complexity index is 530. The maximum absolute atomic E-state index is 10.2. The summed E-state index contributed by atoms with van der Waals surface area (Å²) in [6, 6.07) is 0. The van der Waals surface area contributed by atoms with Crippen LogP contribution in [0, 0.1) is 0 Å². The third-order valence-corrected chi connectivity index (χ3v) is 8.44. The van der Waals surface area contributed by atoms with Crippen LogP contribution in [-0.4, -0.2) is 86.3 Å². The van der Waals surface area contributed by atoms with Crippen molar-refractivity contribution in [1.29, 1.82) is 0 Å². The fourth-order valence-electron chi connectivity index (χ4n) is 5.51. The molecule has 0 aromatic rings. The molecule has 0 rings (SSSR count). The topological polar surface area (TPSA) is 130 Å². The summed E-state index contributed by atoms with van der Waals surface area (Å²) in [5.74, 6) is -1.81. The van der Waals surface area contributed by atoms with Crippen molar-refractivity contribution in [2.75, 3.05) is 26.4 Å². The fraction of sp³-hybridized carbons (Fsp3) is 0.950. The van der Waals surface area contributed by atoms with Gasteiger partial charge in [0.1, 0.15) is 0 Å². The molecule has 7 nitrogen and oxygen atoms in total. The number of unbranched alkanes of at least 4 members (excludes halogenated alkanes) is 28. The Kier molecular flexibility index (Phi) is 61.5. The van der Waals surface area contributed by atoms with Gasteiger partial charge in [-0.2, -0.15) is 0 Å². The quantitative estimate of drug-likeness (QED) is 0.0492. The van der Waals surface area contributed by atoms with Crippen molar-refractivity contribution in [3.05, 3.63) is 0 Å². The number of ether oxygens (including phenoxy) is 1. The second-order valence-electron chi connectivity index (χ2n) is 13.2. The average molecular weight is 713 g/mol. The largest absolute Gasteiger partial charge is 2.00 e. The summed E-state index contributed by atoms with van der Waals surface area (Å²) in [7, 11) is 0. The first-order valence-electron chi connectivity index (χ1n) is 20.1. The second kappa shape index (κ2) is 53.9. The van der Waals surface area contributed by atoms with Crippen LogP contribution in [0.3, 0.4) is 0 Å². The molecule has 0 aromatic heterocycles. The number of aliphatic carboxylic acids is 2. The summed E-state index contributed by atoms with van der Waals surface area (Å²) < 4.78 is 4.63. The Hall–Kier alpha value is 0.0797. The molecular formula is C40H80CaO7. The third kappa shape index (κ3) is 64.6. The first-order valence-corrected chi connectivity index (χ1v) is 20.1. The molecule has 0 amide bonds. The predicted molar refractivity (Wildman–Crippen MR) is 200 cm³/mol. The standard InChI is InChI=1S/2C18H36O2.C4H10O3.Ca/c2*1-2-3-4-5-6-7-8-9-10-11-12-13-14-15-16-17-18(19)20;5-1-3-7-4-2-6;/h2*2-17H2,1H3,(H,19,20);5-6H,1-4H2;/q;;;+2/p-2. The van der Waals surface area contributed by atoms with Crippen LogP contribution < -0.4 is 10.2 Å². The number of carboxylic acid groups (broad SMARTS) is 2. The molecule has 0 aliphatic rings. The Morgan fingerprint density at radius 3 is 0.750 bits per heavy atom. The van der Waals surface area contributed by atoms with E-state index in [4.69, 9.17) is 10.2 Å². The number of carbonyl (C=O) groups excluding carboxylic acids is 2. The molecule has 0 saturated heterocycles. The molecule has 0 bridgehead atoms. The van der Waals surface area contributed by atoms with Crippen molar-refractivity contribution in [2.24, 2.45) is 0 Å². The zero-order valence-corrected chi connectivity index (χ0v) is 34.3. The Morgan fingerprint density at radius 1 is 0.396 bits per heavy atom. The van der Waals surface area contributed by atoms with Crippen LogP contribution in [0.1, 0.15) is 219 Å². The molecule has 0 unspecified atom stereocenters. The molecule has 0 fully saturated rings. The number of carbonyl (C=O) groups is 2. The number of aliphatic hydroxyl groups is 2. The van der Waals surface area contributed by atoms with Gasteiger partial charge in [0.2, 0.25) is 0 Å². The number of hydrogen-bond acceptors (Lipinski definition) is 7. The van der Waals surface area contributed by atoms with Crippen molar-refractivity contribution < 1.29 is 34.8 Å². The van der Waals surface area contributed by atoms with Gasteiger partial charge in [-0.3, -0.25) is 0 Å². The van der Waals surface area contributed by atoms with Crippen LogP contribution in [-0.2, 0) is 14.3 Å². The summed E-state index contributed by atoms with van der Waals surface area (Å²) in [5.41, 5.74) is 0. The maximum Gasteiger partial charge on any atom is 2.00 e. The van der Waals surface area contributed by atoms with Gasteiger partial charge in [0.05, 0.1) is 26.4 Å². The zero-order chi connectivity index (χ0) is 35.3. The summed E-state index contributed by atoms with van der Waals surface area (Å²) >= 11 is 0. The normalized spacial score (nSPS) is 10.4. The van der Waals surface area contributed by atoms with Crippen molar-refractivity contribution in [1.82, 2.24) is 0 Å². The minimum Gasteiger partial charge on any atom is -0.550 e. The van der Waals surface area contributed by atoms with Gasteiger partial charge in [0.25, 0.3) is 0 Å². The molecule has 48 heavy (non-hydrogen) atoms. The number of rotatable bonds is 36. The van der Waals surface area contributed by atoms with Crippen molar-refractivity contribution in [2.45, 2.75) is 219 Å². The number of aliphatic hydroxyl groups excluding tert-OH is 2. The average Bonchev–Trinajstić information content (AvgIpc) is 3.05. The monoisotopic (exact) mass is 713 g/mol. The van der Waals surface area contributed by atoms with Crippen LogP contribution in [0.5, 0.6) is 0 Å². The first kappa shape index (κ1) is 54.8. The molecule has 0 aliphatic carbocycles. The Morgan fingerprint density at radius 2 is 0.583 bits per heavy atom. The number of hydrogen-bond donors (Lipinski definition) is 2. The van der Waals surface area contributed by atoms with E-state index in [0.717, 1.165) is 25.7 Å². The molecule has 0 spiro atoms. The van der Waals surface area contributed by atoms with E-state index in [1.807, 2.05) is 0 Å². The summed E-state index contributed by atoms with van der Waals surface area (Å²) in [6.45, 7) is 5.23. The van der Waals surface area contributed by atoms with Crippen LogP contribution in [0.25, 0.3) is 0 Å². The van der Waals surface area contributed by atoms with Crippen LogP contribution >= 0.6 is 0 Å². The smallest absolute Gasteiger partial charge is 0.550 e.